The second-order valence-corrected chi connectivity index (χ2v) is 4.04. The molecule has 0 unspecified atom stereocenters. The van der Waals surface area contributed by atoms with E-state index in [9.17, 15) is 18.0 Å². The molecule has 0 aromatic heterocycles. The van der Waals surface area contributed by atoms with Crippen LogP contribution < -0.4 is 10.2 Å². The number of nitrogens with one attached hydrogen (secondary N) is 1. The number of benzene rings is 1. The molecule has 2 N–H and O–H groups in total. The fraction of sp³-hybridized carbons (Fsp3) is 0.417. The summed E-state index contributed by atoms with van der Waals surface area (Å²) in [4.78, 5) is 12.4. The van der Waals surface area contributed by atoms with Gasteiger partial charge in [0.25, 0.3) is 0 Å². The van der Waals surface area contributed by atoms with Gasteiger partial charge in [-0.3, -0.25) is 4.79 Å². The zero-order valence-electron chi connectivity index (χ0n) is 10.6. The Bertz CT molecular complexity index is 461. The molecule has 7 heteroatoms. The molecule has 0 aliphatic rings. The van der Waals surface area contributed by atoms with Crippen LogP contribution in [0.5, 0.6) is 0 Å². The highest BCUT2D eigenvalue weighted by Crippen LogP contribution is 2.36. The number of anilines is 1. The molecule has 4 nitrogen and oxygen atoms in total. The van der Waals surface area contributed by atoms with Crippen LogP contribution in [-0.2, 0) is 17.6 Å². The van der Waals surface area contributed by atoms with Crippen molar-refractivity contribution in [1.29, 1.82) is 0 Å². The van der Waals surface area contributed by atoms with Crippen molar-refractivity contribution < 1.29 is 23.1 Å². The van der Waals surface area contributed by atoms with Crippen LogP contribution in [0.25, 0.3) is 0 Å². The van der Waals surface area contributed by atoms with Crippen LogP contribution in [0.15, 0.2) is 18.2 Å². The van der Waals surface area contributed by atoms with Crippen LogP contribution in [0.4, 0.5) is 18.9 Å². The van der Waals surface area contributed by atoms with E-state index < -0.39 is 18.3 Å². The van der Waals surface area contributed by atoms with Crippen LogP contribution in [0, 0.1) is 0 Å². The summed E-state index contributed by atoms with van der Waals surface area (Å²) in [5, 5.41) is 11.2. The van der Waals surface area contributed by atoms with Crippen molar-refractivity contribution in [2.45, 2.75) is 12.8 Å². The predicted molar refractivity (Wildman–Crippen MR) is 64.7 cm³/mol. The SMILES string of the molecule is CNC(=O)CN(C)c1ccc(CO)cc1C(F)(F)F. The third-order valence-corrected chi connectivity index (χ3v) is 2.62. The maximum absolute atomic E-state index is 12.9. The average molecular weight is 276 g/mol. The van der Waals surface area contributed by atoms with Gasteiger partial charge >= 0.3 is 6.18 Å². The first-order chi connectivity index (χ1) is 8.79. The lowest BCUT2D eigenvalue weighted by Crippen LogP contribution is -2.34. The normalized spacial score (nSPS) is 11.3. The maximum Gasteiger partial charge on any atom is 0.418 e. The molecule has 1 aromatic carbocycles. The molecule has 1 amide bonds. The van der Waals surface area contributed by atoms with Crippen molar-refractivity contribution in [1.82, 2.24) is 5.32 Å². The Hall–Kier alpha value is -1.76. The Kier molecular flexibility index (Phi) is 4.77. The fourth-order valence-electron chi connectivity index (χ4n) is 1.62. The fourth-order valence-corrected chi connectivity index (χ4v) is 1.62. The summed E-state index contributed by atoms with van der Waals surface area (Å²) < 4.78 is 38.8. The molecule has 0 aliphatic carbocycles. The van der Waals surface area contributed by atoms with Crippen LogP contribution in [0.3, 0.4) is 0 Å². The van der Waals surface area contributed by atoms with E-state index in [1.54, 1.807) is 0 Å². The monoisotopic (exact) mass is 276 g/mol. The van der Waals surface area contributed by atoms with Crippen molar-refractivity contribution in [3.8, 4) is 0 Å². The molecule has 0 radical (unpaired) electrons. The Balaban J connectivity index is 3.15. The third-order valence-electron chi connectivity index (χ3n) is 2.62. The Labute approximate surface area is 108 Å². The quantitative estimate of drug-likeness (QED) is 0.873. The van der Waals surface area contributed by atoms with Crippen molar-refractivity contribution in [2.75, 3.05) is 25.5 Å². The smallest absolute Gasteiger partial charge is 0.392 e. The predicted octanol–water partition coefficient (Wildman–Crippen LogP) is 1.38. The topological polar surface area (TPSA) is 52.6 Å². The first-order valence-electron chi connectivity index (χ1n) is 5.52. The Morgan fingerprint density at radius 2 is 2.05 bits per heavy atom. The van der Waals surface area contributed by atoms with Gasteiger partial charge in [0.15, 0.2) is 0 Å². The molecule has 1 aromatic rings. The number of aliphatic hydroxyl groups excluding tert-OH is 1. The number of likely N-dealkylation sites (N-methyl/N-ethyl adjacent to an activating group) is 2. The number of amides is 1. The maximum atomic E-state index is 12.9. The minimum Gasteiger partial charge on any atom is -0.392 e. The third kappa shape index (κ3) is 3.85. The zero-order valence-corrected chi connectivity index (χ0v) is 10.6. The number of nitrogens with zero attached hydrogens (tertiary/aromatic N) is 1. The van der Waals surface area contributed by atoms with Crippen LogP contribution >= 0.6 is 0 Å². The van der Waals surface area contributed by atoms with Crippen molar-refractivity contribution >= 4 is 11.6 Å². The average Bonchev–Trinajstić information content (AvgIpc) is 2.36. The minimum absolute atomic E-state index is 0.103. The van der Waals surface area contributed by atoms with Gasteiger partial charge in [0.1, 0.15) is 0 Å². The molecule has 19 heavy (non-hydrogen) atoms. The van der Waals surface area contributed by atoms with E-state index >= 15 is 0 Å². The summed E-state index contributed by atoms with van der Waals surface area (Å²) >= 11 is 0. The van der Waals surface area contributed by atoms with Gasteiger partial charge in [0, 0.05) is 19.8 Å². The molecule has 0 spiro atoms. The Morgan fingerprint density at radius 3 is 2.53 bits per heavy atom. The molecule has 0 atom stereocenters. The highest BCUT2D eigenvalue weighted by atomic mass is 19.4. The zero-order chi connectivity index (χ0) is 14.6. The van der Waals surface area contributed by atoms with Gasteiger partial charge in [0.2, 0.25) is 5.91 Å². The largest absolute Gasteiger partial charge is 0.418 e. The summed E-state index contributed by atoms with van der Waals surface area (Å²) in [6.07, 6.45) is -4.54. The van der Waals surface area contributed by atoms with Gasteiger partial charge in [-0.1, -0.05) is 6.07 Å². The molecule has 106 valence electrons. The van der Waals surface area contributed by atoms with Gasteiger partial charge in [-0.15, -0.1) is 0 Å². The number of halogens is 3. The summed E-state index contributed by atoms with van der Waals surface area (Å²) in [5.74, 6) is -0.387. The van der Waals surface area contributed by atoms with E-state index in [0.717, 1.165) is 6.07 Å². The molecule has 0 saturated heterocycles. The first-order valence-corrected chi connectivity index (χ1v) is 5.52. The highest BCUT2D eigenvalue weighted by Gasteiger charge is 2.34. The number of rotatable bonds is 4. The van der Waals surface area contributed by atoms with Crippen molar-refractivity contribution in [3.05, 3.63) is 29.3 Å². The van der Waals surface area contributed by atoms with Gasteiger partial charge < -0.3 is 15.3 Å². The molecule has 0 aliphatic heterocycles. The lowest BCUT2D eigenvalue weighted by Gasteiger charge is -2.23. The summed E-state index contributed by atoms with van der Waals surface area (Å²) in [7, 11) is 2.81. The molecule has 0 saturated carbocycles. The minimum atomic E-state index is -4.54. The van der Waals surface area contributed by atoms with Crippen LogP contribution in [-0.4, -0.2) is 31.7 Å². The summed E-state index contributed by atoms with van der Waals surface area (Å²) in [5.41, 5.74) is -0.803. The Morgan fingerprint density at radius 1 is 1.42 bits per heavy atom. The molecule has 0 bridgehead atoms. The lowest BCUT2D eigenvalue weighted by molar-refractivity contribution is -0.137. The van der Waals surface area contributed by atoms with E-state index in [0.29, 0.717) is 0 Å². The van der Waals surface area contributed by atoms with E-state index in [1.807, 2.05) is 0 Å². The van der Waals surface area contributed by atoms with E-state index in [1.165, 1.54) is 31.1 Å². The molecule has 1 rings (SSSR count). The number of carbonyl (C=O) groups excluding carboxylic acids is 1. The van der Waals surface area contributed by atoms with E-state index in [4.69, 9.17) is 5.11 Å². The summed E-state index contributed by atoms with van der Waals surface area (Å²) in [6, 6.07) is 3.53. The van der Waals surface area contributed by atoms with Crippen LogP contribution in [0.2, 0.25) is 0 Å². The van der Waals surface area contributed by atoms with E-state index in [-0.39, 0.29) is 23.7 Å². The highest BCUT2D eigenvalue weighted by molar-refractivity contribution is 5.81. The molecule has 0 heterocycles. The number of alkyl halides is 3. The van der Waals surface area contributed by atoms with Gasteiger partial charge in [0.05, 0.1) is 18.7 Å². The van der Waals surface area contributed by atoms with Gasteiger partial charge in [-0.25, -0.2) is 0 Å². The van der Waals surface area contributed by atoms with Crippen molar-refractivity contribution in [3.63, 3.8) is 0 Å². The first kappa shape index (κ1) is 15.3. The second-order valence-electron chi connectivity index (χ2n) is 4.04. The number of aliphatic hydroxyl groups is 1. The number of hydrogen-bond donors (Lipinski definition) is 2. The lowest BCUT2D eigenvalue weighted by atomic mass is 10.1. The van der Waals surface area contributed by atoms with Crippen LogP contribution in [0.1, 0.15) is 11.1 Å². The molecule has 0 fully saturated rings. The number of hydrogen-bond acceptors (Lipinski definition) is 3. The van der Waals surface area contributed by atoms with Crippen molar-refractivity contribution in [2.24, 2.45) is 0 Å². The molecular weight excluding hydrogens is 261 g/mol. The van der Waals surface area contributed by atoms with Gasteiger partial charge in [-0.2, -0.15) is 13.2 Å². The second kappa shape index (κ2) is 5.92. The van der Waals surface area contributed by atoms with Gasteiger partial charge in [-0.05, 0) is 17.7 Å². The summed E-state index contributed by atoms with van der Waals surface area (Å²) in [6.45, 7) is -0.652. The van der Waals surface area contributed by atoms with E-state index in [2.05, 4.69) is 5.32 Å². The molecular formula is C12H15F3N2O2. The number of carbonyl (C=O) groups is 1. The standard InChI is InChI=1S/C12H15F3N2O2/c1-16-11(19)6-17(2)10-4-3-8(7-18)5-9(10)12(13,14)15/h3-5,18H,6-7H2,1-2H3,(H,16,19).